The number of carbonyl (C=O) groups excluding carboxylic acids is 1. The second-order valence-electron chi connectivity index (χ2n) is 6.24. The van der Waals surface area contributed by atoms with Crippen molar-refractivity contribution < 1.29 is 22.3 Å². The van der Waals surface area contributed by atoms with Gasteiger partial charge in [0.05, 0.1) is 16.7 Å². The van der Waals surface area contributed by atoms with E-state index in [4.69, 9.17) is 4.74 Å². The van der Waals surface area contributed by atoms with Gasteiger partial charge in [-0.05, 0) is 49.2 Å². The lowest BCUT2D eigenvalue weighted by Gasteiger charge is -2.24. The summed E-state index contributed by atoms with van der Waals surface area (Å²) in [6.45, 7) is 0.599. The molecule has 2 aromatic carbocycles. The van der Waals surface area contributed by atoms with Crippen LogP contribution in [0.2, 0.25) is 0 Å². The average molecular weight is 392 g/mol. The third-order valence-electron chi connectivity index (χ3n) is 4.28. The Morgan fingerprint density at radius 1 is 1.15 bits per heavy atom. The lowest BCUT2D eigenvalue weighted by atomic mass is 10.2. The lowest BCUT2D eigenvalue weighted by molar-refractivity contribution is -0.120. The highest BCUT2D eigenvalue weighted by Gasteiger charge is 2.27. The Morgan fingerprint density at radius 2 is 1.85 bits per heavy atom. The monoisotopic (exact) mass is 392 g/mol. The van der Waals surface area contributed by atoms with Crippen molar-refractivity contribution in [2.75, 3.05) is 24.0 Å². The van der Waals surface area contributed by atoms with Crippen LogP contribution in [-0.2, 0) is 19.6 Å². The smallest absolute Gasteiger partial charge is 0.264 e. The highest BCUT2D eigenvalue weighted by molar-refractivity contribution is 7.92. The van der Waals surface area contributed by atoms with Crippen molar-refractivity contribution >= 4 is 21.6 Å². The Labute approximate surface area is 158 Å². The number of amides is 1. The number of hydrogen-bond donors (Lipinski definition) is 1. The second-order valence-corrected chi connectivity index (χ2v) is 8.10. The van der Waals surface area contributed by atoms with E-state index in [1.165, 1.54) is 24.3 Å². The van der Waals surface area contributed by atoms with Gasteiger partial charge >= 0.3 is 0 Å². The molecule has 1 N–H and O–H groups in total. The molecule has 1 saturated heterocycles. The Hall–Kier alpha value is -2.45. The number of ether oxygens (including phenoxy) is 1. The molecule has 144 valence electrons. The Morgan fingerprint density at radius 3 is 2.48 bits per heavy atom. The van der Waals surface area contributed by atoms with Gasteiger partial charge in [0.15, 0.2) is 0 Å². The molecule has 0 unspecified atom stereocenters. The van der Waals surface area contributed by atoms with Crippen LogP contribution in [0.1, 0.15) is 12.8 Å². The van der Waals surface area contributed by atoms with Gasteiger partial charge in [0.2, 0.25) is 5.91 Å². The van der Waals surface area contributed by atoms with Crippen molar-refractivity contribution in [2.45, 2.75) is 23.8 Å². The van der Waals surface area contributed by atoms with Crippen LogP contribution in [0.4, 0.5) is 10.1 Å². The van der Waals surface area contributed by atoms with Crippen molar-refractivity contribution in [1.82, 2.24) is 5.32 Å². The van der Waals surface area contributed by atoms with Crippen molar-refractivity contribution in [2.24, 2.45) is 0 Å². The van der Waals surface area contributed by atoms with Crippen LogP contribution in [0.5, 0.6) is 0 Å². The average Bonchev–Trinajstić information content (AvgIpc) is 3.19. The van der Waals surface area contributed by atoms with Crippen molar-refractivity contribution in [3.8, 4) is 0 Å². The summed E-state index contributed by atoms with van der Waals surface area (Å²) in [5.74, 6) is -0.937. The van der Waals surface area contributed by atoms with E-state index in [2.05, 4.69) is 5.32 Å². The van der Waals surface area contributed by atoms with E-state index in [-0.39, 0.29) is 16.7 Å². The summed E-state index contributed by atoms with van der Waals surface area (Å²) in [5.41, 5.74) is 0.215. The Bertz CT molecular complexity index is 866. The number of carbonyl (C=O) groups is 1. The highest BCUT2D eigenvalue weighted by atomic mass is 32.2. The molecule has 0 aliphatic carbocycles. The number of halogens is 1. The molecule has 3 rings (SSSR count). The number of nitrogens with zero attached hydrogens (tertiary/aromatic N) is 1. The van der Waals surface area contributed by atoms with Crippen LogP contribution in [0.25, 0.3) is 0 Å². The number of sulfonamides is 1. The zero-order valence-electron chi connectivity index (χ0n) is 14.7. The van der Waals surface area contributed by atoms with E-state index in [0.29, 0.717) is 13.2 Å². The zero-order chi connectivity index (χ0) is 19.3. The van der Waals surface area contributed by atoms with Crippen LogP contribution in [0, 0.1) is 5.82 Å². The third-order valence-corrected chi connectivity index (χ3v) is 6.07. The molecule has 27 heavy (non-hydrogen) atoms. The quantitative estimate of drug-likeness (QED) is 0.785. The van der Waals surface area contributed by atoms with Gasteiger partial charge < -0.3 is 10.1 Å². The summed E-state index contributed by atoms with van der Waals surface area (Å²) in [4.78, 5) is 12.4. The van der Waals surface area contributed by atoms with Gasteiger partial charge in [-0.3, -0.25) is 9.10 Å². The fraction of sp³-hybridized carbons (Fsp3) is 0.316. The minimum absolute atomic E-state index is 0.0426. The highest BCUT2D eigenvalue weighted by Crippen LogP contribution is 2.23. The minimum Gasteiger partial charge on any atom is -0.376 e. The maximum Gasteiger partial charge on any atom is 0.264 e. The van der Waals surface area contributed by atoms with Crippen molar-refractivity contribution in [1.29, 1.82) is 0 Å². The molecule has 1 atom stereocenters. The van der Waals surface area contributed by atoms with Gasteiger partial charge in [0, 0.05) is 13.2 Å². The second kappa shape index (κ2) is 8.49. The first kappa shape index (κ1) is 19.3. The summed E-state index contributed by atoms with van der Waals surface area (Å²) >= 11 is 0. The molecule has 1 aliphatic rings. The zero-order valence-corrected chi connectivity index (χ0v) is 15.5. The van der Waals surface area contributed by atoms with E-state index >= 15 is 0 Å². The van der Waals surface area contributed by atoms with E-state index in [1.54, 1.807) is 18.2 Å². The molecule has 0 aromatic heterocycles. The molecule has 2 aromatic rings. The summed E-state index contributed by atoms with van der Waals surface area (Å²) in [6, 6.07) is 12.8. The summed E-state index contributed by atoms with van der Waals surface area (Å²) in [5, 5.41) is 2.72. The van der Waals surface area contributed by atoms with Crippen LogP contribution in [0.15, 0.2) is 59.5 Å². The summed E-state index contributed by atoms with van der Waals surface area (Å²) in [6.07, 6.45) is 1.77. The molecule has 6 nitrogen and oxygen atoms in total. The van der Waals surface area contributed by atoms with Gasteiger partial charge in [0.1, 0.15) is 12.4 Å². The van der Waals surface area contributed by atoms with Crippen LogP contribution in [0.3, 0.4) is 0 Å². The number of anilines is 1. The van der Waals surface area contributed by atoms with Crippen LogP contribution in [-0.4, -0.2) is 40.1 Å². The van der Waals surface area contributed by atoms with Crippen LogP contribution >= 0.6 is 0 Å². The first-order chi connectivity index (χ1) is 13.0. The Kier molecular flexibility index (Phi) is 6.08. The maximum atomic E-state index is 13.3. The van der Waals surface area contributed by atoms with Gasteiger partial charge in [-0.25, -0.2) is 12.8 Å². The number of nitrogens with one attached hydrogen (secondary N) is 1. The predicted octanol–water partition coefficient (Wildman–Crippen LogP) is 2.32. The first-order valence-corrected chi connectivity index (χ1v) is 10.1. The molecule has 1 fully saturated rings. The molecule has 0 saturated carbocycles. The Balaban J connectivity index is 1.81. The fourth-order valence-electron chi connectivity index (χ4n) is 2.86. The molecular weight excluding hydrogens is 371 g/mol. The normalized spacial score (nSPS) is 16.9. The predicted molar refractivity (Wildman–Crippen MR) is 99.4 cm³/mol. The number of hydrogen-bond acceptors (Lipinski definition) is 4. The molecule has 8 heteroatoms. The fourth-order valence-corrected chi connectivity index (χ4v) is 4.30. The lowest BCUT2D eigenvalue weighted by Crippen LogP contribution is -2.42. The van der Waals surface area contributed by atoms with E-state index in [0.717, 1.165) is 29.3 Å². The third kappa shape index (κ3) is 4.84. The van der Waals surface area contributed by atoms with Crippen molar-refractivity contribution in [3.63, 3.8) is 0 Å². The largest absolute Gasteiger partial charge is 0.376 e. The molecule has 0 bridgehead atoms. The number of rotatable bonds is 7. The molecule has 1 aliphatic heterocycles. The minimum atomic E-state index is -3.98. The first-order valence-electron chi connectivity index (χ1n) is 8.68. The number of benzene rings is 2. The molecule has 1 amide bonds. The van der Waals surface area contributed by atoms with E-state index < -0.39 is 28.3 Å². The molecule has 0 spiro atoms. The summed E-state index contributed by atoms with van der Waals surface area (Å²) in [7, 11) is -3.98. The molecule has 0 radical (unpaired) electrons. The SMILES string of the molecule is O=C(CN(c1ccc(F)cc1)S(=O)(=O)c1ccccc1)NC[C@H]1CCCO1. The molecule has 1 heterocycles. The summed E-state index contributed by atoms with van der Waals surface area (Å²) < 4.78 is 45.8. The van der Waals surface area contributed by atoms with Gasteiger partial charge in [0.25, 0.3) is 10.0 Å². The maximum absolute atomic E-state index is 13.3. The van der Waals surface area contributed by atoms with E-state index in [9.17, 15) is 17.6 Å². The van der Waals surface area contributed by atoms with Gasteiger partial charge in [-0.2, -0.15) is 0 Å². The molecular formula is C19H21FN2O4S. The van der Waals surface area contributed by atoms with Gasteiger partial charge in [-0.15, -0.1) is 0 Å². The van der Waals surface area contributed by atoms with E-state index in [1.807, 2.05) is 0 Å². The van der Waals surface area contributed by atoms with Crippen molar-refractivity contribution in [3.05, 3.63) is 60.4 Å². The van der Waals surface area contributed by atoms with Crippen LogP contribution < -0.4 is 9.62 Å². The standard InChI is InChI=1S/C19H21FN2O4S/c20-15-8-10-16(11-9-15)22(27(24,25)18-6-2-1-3-7-18)14-19(23)21-13-17-5-4-12-26-17/h1-3,6-11,17H,4-5,12-14H2,(H,21,23)/t17-/m1/s1. The van der Waals surface area contributed by atoms with Gasteiger partial charge in [-0.1, -0.05) is 18.2 Å². The topological polar surface area (TPSA) is 75.7 Å².